The number of rotatable bonds is 73. The van der Waals surface area contributed by atoms with Gasteiger partial charge in [0.15, 0.2) is 12.2 Å². The van der Waals surface area contributed by atoms with Gasteiger partial charge in [0.2, 0.25) is 0 Å². The van der Waals surface area contributed by atoms with Gasteiger partial charge < -0.3 is 33.8 Å². The molecule has 0 aliphatic rings. The molecule has 0 bridgehead atoms. The number of aliphatic hydroxyl groups is 1. The quantitative estimate of drug-likeness (QED) is 0.0222. The van der Waals surface area contributed by atoms with Crippen molar-refractivity contribution in [3.05, 3.63) is 0 Å². The second kappa shape index (κ2) is 65.4. The molecule has 0 fully saturated rings. The molecule has 3 unspecified atom stereocenters. The van der Waals surface area contributed by atoms with Crippen LogP contribution in [0.5, 0.6) is 0 Å². The summed E-state index contributed by atoms with van der Waals surface area (Å²) < 4.78 is 68.5. The van der Waals surface area contributed by atoms with E-state index in [-0.39, 0.29) is 25.7 Å². The van der Waals surface area contributed by atoms with Gasteiger partial charge in [-0.3, -0.25) is 37.3 Å². The molecule has 0 radical (unpaired) electrons. The maximum Gasteiger partial charge on any atom is 0.472 e. The van der Waals surface area contributed by atoms with Crippen LogP contribution in [0.1, 0.15) is 383 Å². The number of carbonyl (C=O) groups is 4. The second-order valence-corrected chi connectivity index (χ2v) is 32.0. The van der Waals surface area contributed by atoms with Crippen molar-refractivity contribution in [1.29, 1.82) is 0 Å². The molecule has 0 aliphatic heterocycles. The predicted molar refractivity (Wildman–Crippen MR) is 386 cm³/mol. The Labute approximate surface area is 581 Å². The van der Waals surface area contributed by atoms with E-state index in [2.05, 4.69) is 55.4 Å². The van der Waals surface area contributed by atoms with Crippen LogP contribution in [0.2, 0.25) is 0 Å². The molecular formula is C76H148O17P2. The van der Waals surface area contributed by atoms with Crippen molar-refractivity contribution in [1.82, 2.24) is 0 Å². The Balaban J connectivity index is 5.24. The topological polar surface area (TPSA) is 237 Å². The molecule has 0 aromatic carbocycles. The molecule has 0 heterocycles. The fourth-order valence-electron chi connectivity index (χ4n) is 11.5. The van der Waals surface area contributed by atoms with E-state index in [1.165, 1.54) is 180 Å². The molecule has 0 amide bonds. The summed E-state index contributed by atoms with van der Waals surface area (Å²) in [5.74, 6) is 0.936. The van der Waals surface area contributed by atoms with E-state index in [1.807, 2.05) is 0 Å². The molecule has 17 nitrogen and oxygen atoms in total. The molecule has 0 saturated heterocycles. The van der Waals surface area contributed by atoms with E-state index in [1.54, 1.807) is 0 Å². The van der Waals surface area contributed by atoms with E-state index in [0.29, 0.717) is 25.7 Å². The van der Waals surface area contributed by atoms with E-state index >= 15 is 0 Å². The Kier molecular flexibility index (Phi) is 64.0. The number of carbonyl (C=O) groups excluding carboxylic acids is 4. The average molecular weight is 1400 g/mol. The van der Waals surface area contributed by atoms with Crippen LogP contribution in [0.4, 0.5) is 0 Å². The molecule has 0 saturated carbocycles. The van der Waals surface area contributed by atoms with Crippen LogP contribution in [0, 0.1) is 23.7 Å². The summed E-state index contributed by atoms with van der Waals surface area (Å²) in [5, 5.41) is 10.6. The first kappa shape index (κ1) is 93.1. The lowest BCUT2D eigenvalue weighted by Crippen LogP contribution is -2.30. The maximum atomic E-state index is 13.1. The zero-order valence-electron chi connectivity index (χ0n) is 62.3. The molecule has 95 heavy (non-hydrogen) atoms. The van der Waals surface area contributed by atoms with Crippen molar-refractivity contribution < 1.29 is 80.2 Å². The number of esters is 4. The van der Waals surface area contributed by atoms with Gasteiger partial charge in [0.1, 0.15) is 19.3 Å². The first-order valence-corrected chi connectivity index (χ1v) is 42.2. The summed E-state index contributed by atoms with van der Waals surface area (Å²) >= 11 is 0. The Morgan fingerprint density at radius 2 is 0.505 bits per heavy atom. The van der Waals surface area contributed by atoms with Crippen LogP contribution >= 0.6 is 15.6 Å². The van der Waals surface area contributed by atoms with E-state index in [0.717, 1.165) is 120 Å². The van der Waals surface area contributed by atoms with Gasteiger partial charge in [0, 0.05) is 25.7 Å². The summed E-state index contributed by atoms with van der Waals surface area (Å²) in [5.41, 5.74) is 0. The molecule has 0 rings (SSSR count). The van der Waals surface area contributed by atoms with Crippen LogP contribution < -0.4 is 0 Å². The summed E-state index contributed by atoms with van der Waals surface area (Å²) in [6, 6.07) is 0. The van der Waals surface area contributed by atoms with Crippen LogP contribution in [0.15, 0.2) is 0 Å². The van der Waals surface area contributed by atoms with Crippen molar-refractivity contribution >= 4 is 39.5 Å². The Bertz CT molecular complexity index is 1870. The zero-order chi connectivity index (χ0) is 70.3. The fourth-order valence-corrected chi connectivity index (χ4v) is 13.1. The van der Waals surface area contributed by atoms with Crippen molar-refractivity contribution in [3.63, 3.8) is 0 Å². The second-order valence-electron chi connectivity index (χ2n) is 29.1. The molecule has 6 atom stereocenters. The normalized spacial score (nSPS) is 14.4. The molecule has 0 aromatic rings. The lowest BCUT2D eigenvalue weighted by molar-refractivity contribution is -0.161. The van der Waals surface area contributed by atoms with Gasteiger partial charge in [0.05, 0.1) is 26.4 Å². The lowest BCUT2D eigenvalue weighted by Gasteiger charge is -2.21. The smallest absolute Gasteiger partial charge is 0.462 e. The first-order chi connectivity index (χ1) is 45.6. The largest absolute Gasteiger partial charge is 0.472 e. The van der Waals surface area contributed by atoms with Gasteiger partial charge in [0.25, 0.3) is 0 Å². The number of phosphoric acid groups is 2. The SMILES string of the molecule is CCC(C)CCCCCCCCC(=O)OC[C@H](COP(=O)(O)OC[C@H](O)COP(=O)(O)OC[C@@H](COC(=O)CCCCCCCCCCCCC(C)C)OC(=O)CCCCCCCCCCCCCC(C)C)OC(=O)CCCCCCCCCCCCCCCCCC(C)C. The lowest BCUT2D eigenvalue weighted by atomic mass is 10.00. The summed E-state index contributed by atoms with van der Waals surface area (Å²) in [6.07, 6.45) is 49.9. The van der Waals surface area contributed by atoms with Crippen molar-refractivity contribution in [3.8, 4) is 0 Å². The van der Waals surface area contributed by atoms with Gasteiger partial charge in [-0.1, -0.05) is 331 Å². The van der Waals surface area contributed by atoms with Gasteiger partial charge in [-0.05, 0) is 49.4 Å². The first-order valence-electron chi connectivity index (χ1n) is 39.2. The van der Waals surface area contributed by atoms with Gasteiger partial charge in [-0.2, -0.15) is 0 Å². The number of phosphoric ester groups is 2. The minimum Gasteiger partial charge on any atom is -0.462 e. The van der Waals surface area contributed by atoms with E-state index in [9.17, 15) is 43.2 Å². The Hall–Kier alpha value is -1.94. The molecule has 0 aliphatic carbocycles. The molecule has 19 heteroatoms. The molecule has 0 aromatic heterocycles. The van der Waals surface area contributed by atoms with Crippen molar-refractivity contribution in [2.45, 2.75) is 401 Å². The number of hydrogen-bond acceptors (Lipinski definition) is 15. The van der Waals surface area contributed by atoms with Crippen LogP contribution in [0.3, 0.4) is 0 Å². The van der Waals surface area contributed by atoms with Gasteiger partial charge in [-0.25, -0.2) is 9.13 Å². The highest BCUT2D eigenvalue weighted by Gasteiger charge is 2.30. The minimum atomic E-state index is -4.96. The number of unbranched alkanes of at least 4 members (excludes halogenated alkanes) is 38. The fraction of sp³-hybridized carbons (Fsp3) is 0.947. The Morgan fingerprint density at radius 1 is 0.295 bits per heavy atom. The van der Waals surface area contributed by atoms with E-state index < -0.39 is 97.5 Å². The average Bonchev–Trinajstić information content (AvgIpc) is 1.53. The number of ether oxygens (including phenoxy) is 4. The summed E-state index contributed by atoms with van der Waals surface area (Å²) in [7, 11) is -9.91. The number of aliphatic hydroxyl groups excluding tert-OH is 1. The highest BCUT2D eigenvalue weighted by Crippen LogP contribution is 2.45. The molecular weight excluding hydrogens is 1250 g/mol. The van der Waals surface area contributed by atoms with Crippen molar-refractivity contribution in [2.24, 2.45) is 23.7 Å². The standard InChI is InChI=1S/C76H148O17P2/c1-9-69(8)55-47-39-34-35-41-49-57-74(79)87-63-72(93-75(80)58-50-42-32-26-18-14-12-10-11-13-16-22-28-36-44-52-66(2)3)65-91-95(84,85)89-61-70(77)60-88-94(82,83)90-64-71(62-86-73(78)56-48-40-31-25-21-20-24-30-38-46-54-68(6)7)92-76(81)59-51-43-33-27-19-15-17-23-29-37-45-53-67(4)5/h66-72,77H,9-65H2,1-8H3,(H,82,83)(H,84,85)/t69?,70-,71-,72-/m1/s1. The molecule has 3 N–H and O–H groups in total. The highest BCUT2D eigenvalue weighted by atomic mass is 31.2. The highest BCUT2D eigenvalue weighted by molar-refractivity contribution is 7.47. The maximum absolute atomic E-state index is 13.1. The van der Waals surface area contributed by atoms with Gasteiger partial charge in [-0.15, -0.1) is 0 Å². The van der Waals surface area contributed by atoms with Crippen LogP contribution in [-0.2, 0) is 65.4 Å². The van der Waals surface area contributed by atoms with E-state index in [4.69, 9.17) is 37.0 Å². The predicted octanol–water partition coefficient (Wildman–Crippen LogP) is 22.0. The van der Waals surface area contributed by atoms with Crippen LogP contribution in [-0.4, -0.2) is 96.7 Å². The zero-order valence-corrected chi connectivity index (χ0v) is 64.1. The third kappa shape index (κ3) is 69.0. The van der Waals surface area contributed by atoms with Crippen LogP contribution in [0.25, 0.3) is 0 Å². The number of hydrogen-bond donors (Lipinski definition) is 3. The Morgan fingerprint density at radius 3 is 0.747 bits per heavy atom. The molecule has 564 valence electrons. The summed E-state index contributed by atoms with van der Waals surface area (Å²) in [6.45, 7) is 14.2. The molecule has 0 spiro atoms. The third-order valence-corrected chi connectivity index (χ3v) is 19.8. The third-order valence-electron chi connectivity index (χ3n) is 17.9. The monoisotopic (exact) mass is 1400 g/mol. The van der Waals surface area contributed by atoms with Gasteiger partial charge >= 0.3 is 39.5 Å². The minimum absolute atomic E-state index is 0.106. The van der Waals surface area contributed by atoms with Crippen molar-refractivity contribution in [2.75, 3.05) is 39.6 Å². The summed E-state index contributed by atoms with van der Waals surface area (Å²) in [4.78, 5) is 72.8.